The van der Waals surface area contributed by atoms with Crippen LogP contribution < -0.4 is 14.4 Å². The van der Waals surface area contributed by atoms with Crippen molar-refractivity contribution in [2.45, 2.75) is 12.2 Å². The molecule has 1 aliphatic heterocycles. The minimum atomic E-state index is -4.68. The standard InChI is InChI=1S/C24H17ClF3NO6/c1-33-17-11-18(34-2)15(25)10-14(17)21(30)19-20(16-7-4-8-35-16)29(23(32)22(19)31)13-6-3-5-12(9-13)24(26,27)28/h3-11,20,30H,1-2H3/b21-19-. The first-order valence-electron chi connectivity index (χ1n) is 10.0. The Hall–Kier alpha value is -3.92. The third-order valence-corrected chi connectivity index (χ3v) is 5.73. The Kier molecular flexibility index (Phi) is 6.25. The third kappa shape index (κ3) is 4.21. The molecule has 1 fully saturated rings. The quantitative estimate of drug-likeness (QED) is 0.275. The molecule has 1 amide bonds. The van der Waals surface area contributed by atoms with Crippen LogP contribution in [0.25, 0.3) is 5.76 Å². The van der Waals surface area contributed by atoms with Crippen molar-refractivity contribution < 1.29 is 41.8 Å². The highest BCUT2D eigenvalue weighted by molar-refractivity contribution is 6.51. The van der Waals surface area contributed by atoms with Gasteiger partial charge in [-0.2, -0.15) is 13.2 Å². The van der Waals surface area contributed by atoms with Crippen molar-refractivity contribution in [2.75, 3.05) is 19.1 Å². The Morgan fingerprint density at radius 1 is 1.06 bits per heavy atom. The van der Waals surface area contributed by atoms with Gasteiger partial charge in [0.05, 0.1) is 42.2 Å². The summed E-state index contributed by atoms with van der Waals surface area (Å²) in [5.74, 6) is -2.58. The molecule has 182 valence electrons. The number of methoxy groups -OCH3 is 2. The Bertz CT molecular complexity index is 1330. The lowest BCUT2D eigenvalue weighted by atomic mass is 9.98. The molecule has 1 saturated heterocycles. The highest BCUT2D eigenvalue weighted by Gasteiger charge is 2.49. The van der Waals surface area contributed by atoms with E-state index in [1.54, 1.807) is 0 Å². The number of anilines is 1. The van der Waals surface area contributed by atoms with E-state index in [0.717, 1.165) is 23.1 Å². The van der Waals surface area contributed by atoms with Gasteiger partial charge in [0.2, 0.25) is 0 Å². The summed E-state index contributed by atoms with van der Waals surface area (Å²) in [6.07, 6.45) is -3.41. The monoisotopic (exact) mass is 507 g/mol. The maximum atomic E-state index is 13.3. The second-order valence-electron chi connectivity index (χ2n) is 7.42. The third-order valence-electron chi connectivity index (χ3n) is 5.44. The number of carbonyl (C=O) groups is 2. The molecule has 2 aromatic carbocycles. The van der Waals surface area contributed by atoms with Crippen LogP contribution in [0.1, 0.15) is 22.9 Å². The van der Waals surface area contributed by atoms with Crippen molar-refractivity contribution in [3.63, 3.8) is 0 Å². The van der Waals surface area contributed by atoms with Crippen LogP contribution in [0, 0.1) is 0 Å². The predicted octanol–water partition coefficient (Wildman–Crippen LogP) is 5.60. The van der Waals surface area contributed by atoms with E-state index in [1.165, 1.54) is 50.8 Å². The van der Waals surface area contributed by atoms with E-state index in [1.807, 2.05) is 0 Å². The van der Waals surface area contributed by atoms with Gasteiger partial charge in [-0.3, -0.25) is 14.5 Å². The molecule has 0 saturated carbocycles. The van der Waals surface area contributed by atoms with Crippen molar-refractivity contribution in [2.24, 2.45) is 0 Å². The summed E-state index contributed by atoms with van der Waals surface area (Å²) in [6, 6.07) is 8.16. The number of hydrogen-bond acceptors (Lipinski definition) is 6. The molecule has 2 heterocycles. The molecule has 0 radical (unpaired) electrons. The number of ketones is 1. The molecular formula is C24H17ClF3NO6. The first-order chi connectivity index (χ1) is 16.6. The van der Waals surface area contributed by atoms with E-state index < -0.39 is 40.8 Å². The molecule has 3 aromatic rings. The van der Waals surface area contributed by atoms with Crippen LogP contribution in [0.5, 0.6) is 11.5 Å². The topological polar surface area (TPSA) is 89.2 Å². The zero-order valence-corrected chi connectivity index (χ0v) is 19.0. The smallest absolute Gasteiger partial charge is 0.416 e. The molecule has 1 atom stereocenters. The van der Waals surface area contributed by atoms with Crippen LogP contribution >= 0.6 is 11.6 Å². The lowest BCUT2D eigenvalue weighted by molar-refractivity contribution is -0.137. The van der Waals surface area contributed by atoms with E-state index in [-0.39, 0.29) is 33.5 Å². The SMILES string of the molecule is COc1cc(OC)c(/C(O)=C2/C(=O)C(=O)N(c3cccc(C(F)(F)F)c3)C2c2ccco2)cc1Cl. The number of halogens is 4. The number of furan rings is 1. The number of aliphatic hydroxyl groups excluding tert-OH is 1. The van der Waals surface area contributed by atoms with Gasteiger partial charge in [0, 0.05) is 11.8 Å². The lowest BCUT2D eigenvalue weighted by Gasteiger charge is -2.24. The molecule has 35 heavy (non-hydrogen) atoms. The number of Topliss-reactive ketones (excluding diaryl/α,β-unsaturated/α-hetero) is 1. The van der Waals surface area contributed by atoms with Crippen molar-refractivity contribution in [3.05, 3.63) is 82.3 Å². The first kappa shape index (κ1) is 24.2. The second kappa shape index (κ2) is 9.03. The van der Waals surface area contributed by atoms with Gasteiger partial charge < -0.3 is 19.0 Å². The second-order valence-corrected chi connectivity index (χ2v) is 7.83. The Labute approximate surface area is 201 Å². The fourth-order valence-electron chi connectivity index (χ4n) is 3.84. The maximum Gasteiger partial charge on any atom is 0.416 e. The fourth-order valence-corrected chi connectivity index (χ4v) is 4.08. The molecule has 1 aliphatic rings. The number of nitrogens with zero attached hydrogens (tertiary/aromatic N) is 1. The van der Waals surface area contributed by atoms with E-state index in [0.29, 0.717) is 0 Å². The van der Waals surface area contributed by atoms with E-state index in [4.69, 9.17) is 25.5 Å². The highest BCUT2D eigenvalue weighted by Crippen LogP contribution is 2.45. The van der Waals surface area contributed by atoms with Gasteiger partial charge in [0.1, 0.15) is 29.1 Å². The summed E-state index contributed by atoms with van der Waals surface area (Å²) in [7, 11) is 2.68. The molecule has 7 nitrogen and oxygen atoms in total. The number of rotatable bonds is 5. The molecule has 4 rings (SSSR count). The van der Waals surface area contributed by atoms with Gasteiger partial charge in [-0.1, -0.05) is 17.7 Å². The minimum absolute atomic E-state index is 0.0306. The van der Waals surface area contributed by atoms with Crippen LogP contribution in [-0.4, -0.2) is 31.0 Å². The van der Waals surface area contributed by atoms with Crippen molar-refractivity contribution in [1.82, 2.24) is 0 Å². The summed E-state index contributed by atoms with van der Waals surface area (Å²) in [4.78, 5) is 27.0. The summed E-state index contributed by atoms with van der Waals surface area (Å²) in [5.41, 5.74) is -1.67. The van der Waals surface area contributed by atoms with Crippen molar-refractivity contribution >= 4 is 34.7 Å². The zero-order chi connectivity index (χ0) is 25.5. The Morgan fingerprint density at radius 3 is 2.37 bits per heavy atom. The molecule has 11 heteroatoms. The predicted molar refractivity (Wildman–Crippen MR) is 119 cm³/mol. The average molecular weight is 508 g/mol. The lowest BCUT2D eigenvalue weighted by Crippen LogP contribution is -2.29. The number of carbonyl (C=O) groups excluding carboxylic acids is 2. The first-order valence-corrected chi connectivity index (χ1v) is 10.4. The van der Waals surface area contributed by atoms with Gasteiger partial charge in [-0.15, -0.1) is 0 Å². The van der Waals surface area contributed by atoms with Gasteiger partial charge in [-0.05, 0) is 36.4 Å². The number of hydrogen-bond donors (Lipinski definition) is 1. The number of ether oxygens (including phenoxy) is 2. The largest absolute Gasteiger partial charge is 0.507 e. The van der Waals surface area contributed by atoms with E-state index in [9.17, 15) is 27.9 Å². The van der Waals surface area contributed by atoms with Gasteiger partial charge in [0.25, 0.3) is 11.7 Å². The van der Waals surface area contributed by atoms with E-state index in [2.05, 4.69) is 0 Å². The van der Waals surface area contributed by atoms with Crippen LogP contribution in [0.15, 0.2) is 64.8 Å². The maximum absolute atomic E-state index is 13.3. The van der Waals surface area contributed by atoms with E-state index >= 15 is 0 Å². The van der Waals surface area contributed by atoms with Crippen LogP contribution in [-0.2, 0) is 15.8 Å². The van der Waals surface area contributed by atoms with Gasteiger partial charge in [-0.25, -0.2) is 0 Å². The number of amides is 1. The molecule has 0 bridgehead atoms. The molecule has 0 spiro atoms. The summed E-state index contributed by atoms with van der Waals surface area (Å²) in [6.45, 7) is 0. The Morgan fingerprint density at radius 2 is 1.77 bits per heavy atom. The zero-order valence-electron chi connectivity index (χ0n) is 18.2. The van der Waals surface area contributed by atoms with Crippen molar-refractivity contribution in [3.8, 4) is 11.5 Å². The molecule has 1 aromatic heterocycles. The molecule has 1 unspecified atom stereocenters. The summed E-state index contributed by atoms with van der Waals surface area (Å²) < 4.78 is 55.8. The number of benzene rings is 2. The summed E-state index contributed by atoms with van der Waals surface area (Å²) in [5, 5.41) is 11.3. The van der Waals surface area contributed by atoms with Crippen LogP contribution in [0.3, 0.4) is 0 Å². The molecule has 0 aliphatic carbocycles. The normalized spacial score (nSPS) is 17.7. The fraction of sp³-hybridized carbons (Fsp3) is 0.167. The van der Waals surface area contributed by atoms with Gasteiger partial charge >= 0.3 is 6.18 Å². The Balaban J connectivity index is 1.95. The summed E-state index contributed by atoms with van der Waals surface area (Å²) >= 11 is 6.19. The number of aliphatic hydroxyl groups is 1. The highest BCUT2D eigenvalue weighted by atomic mass is 35.5. The van der Waals surface area contributed by atoms with Crippen LogP contribution in [0.4, 0.5) is 18.9 Å². The van der Waals surface area contributed by atoms with Crippen LogP contribution in [0.2, 0.25) is 5.02 Å². The minimum Gasteiger partial charge on any atom is -0.507 e. The number of alkyl halides is 3. The van der Waals surface area contributed by atoms with Gasteiger partial charge in [0.15, 0.2) is 0 Å². The average Bonchev–Trinajstić information content (AvgIpc) is 3.45. The molecular weight excluding hydrogens is 491 g/mol. The molecule has 1 N–H and O–H groups in total. The van der Waals surface area contributed by atoms with Crippen molar-refractivity contribution in [1.29, 1.82) is 0 Å².